The van der Waals surface area contributed by atoms with Crippen LogP contribution in [0.15, 0.2) is 23.2 Å². The Labute approximate surface area is 121 Å². The lowest BCUT2D eigenvalue weighted by atomic mass is 10.4. The Morgan fingerprint density at radius 3 is 2.68 bits per heavy atom. The molecule has 2 heterocycles. The molecule has 7 heteroatoms. The highest BCUT2D eigenvalue weighted by Crippen LogP contribution is 2.14. The van der Waals surface area contributed by atoms with Crippen molar-refractivity contribution in [1.29, 1.82) is 0 Å². The molecular weight excluding hydrogens is 286 g/mol. The van der Waals surface area contributed by atoms with Crippen molar-refractivity contribution >= 4 is 22.6 Å². The van der Waals surface area contributed by atoms with Crippen LogP contribution in [0.3, 0.4) is 0 Å². The SMILES string of the molecule is COCCN1CCN(S(=O)c2ccc(Cl)nc2)CC1. The number of rotatable bonds is 5. The Hall–Kier alpha value is -0.530. The van der Waals surface area contributed by atoms with E-state index in [0.717, 1.165) is 39.3 Å². The zero-order valence-corrected chi connectivity index (χ0v) is 12.5. The van der Waals surface area contributed by atoms with Crippen molar-refractivity contribution in [3.8, 4) is 0 Å². The molecule has 1 fully saturated rings. The maximum atomic E-state index is 12.3. The van der Waals surface area contributed by atoms with E-state index in [1.54, 1.807) is 25.4 Å². The summed E-state index contributed by atoms with van der Waals surface area (Å²) in [6, 6.07) is 3.44. The summed E-state index contributed by atoms with van der Waals surface area (Å²) in [4.78, 5) is 6.99. The van der Waals surface area contributed by atoms with Crippen LogP contribution < -0.4 is 0 Å². The second kappa shape index (κ2) is 7.31. The number of hydrogen-bond acceptors (Lipinski definition) is 4. The van der Waals surface area contributed by atoms with E-state index in [-0.39, 0.29) is 0 Å². The highest BCUT2D eigenvalue weighted by atomic mass is 35.5. The third-order valence-corrected chi connectivity index (χ3v) is 4.78. The Balaban J connectivity index is 1.87. The maximum Gasteiger partial charge on any atom is 0.129 e. The number of aromatic nitrogens is 1. The van der Waals surface area contributed by atoms with Gasteiger partial charge in [-0.15, -0.1) is 0 Å². The molecule has 1 atom stereocenters. The van der Waals surface area contributed by atoms with Crippen molar-refractivity contribution in [1.82, 2.24) is 14.2 Å². The summed E-state index contributed by atoms with van der Waals surface area (Å²) >= 11 is 5.73. The van der Waals surface area contributed by atoms with Crippen LogP contribution in [0.5, 0.6) is 0 Å². The molecule has 0 bridgehead atoms. The van der Waals surface area contributed by atoms with Gasteiger partial charge in [0.15, 0.2) is 0 Å². The zero-order chi connectivity index (χ0) is 13.7. The Bertz CT molecular complexity index is 421. The summed E-state index contributed by atoms with van der Waals surface area (Å²) < 4.78 is 19.4. The fourth-order valence-electron chi connectivity index (χ4n) is 1.95. The molecular formula is C12H18ClN3O2S. The molecule has 1 saturated heterocycles. The van der Waals surface area contributed by atoms with Crippen molar-refractivity contribution in [2.24, 2.45) is 0 Å². The van der Waals surface area contributed by atoms with Gasteiger partial charge in [0.25, 0.3) is 0 Å². The van der Waals surface area contributed by atoms with Gasteiger partial charge in [-0.1, -0.05) is 11.6 Å². The van der Waals surface area contributed by atoms with Gasteiger partial charge in [-0.2, -0.15) is 0 Å². The first-order chi connectivity index (χ1) is 9.20. The van der Waals surface area contributed by atoms with Gasteiger partial charge < -0.3 is 4.74 Å². The van der Waals surface area contributed by atoms with Gasteiger partial charge in [-0.25, -0.2) is 13.5 Å². The van der Waals surface area contributed by atoms with Gasteiger partial charge in [-0.05, 0) is 12.1 Å². The van der Waals surface area contributed by atoms with Crippen molar-refractivity contribution in [3.05, 3.63) is 23.5 Å². The van der Waals surface area contributed by atoms with Crippen LogP contribution in [0.25, 0.3) is 0 Å². The number of nitrogens with zero attached hydrogens (tertiary/aromatic N) is 3. The molecule has 1 aliphatic rings. The van der Waals surface area contributed by atoms with Crippen LogP contribution >= 0.6 is 11.6 Å². The van der Waals surface area contributed by atoms with E-state index in [2.05, 4.69) is 9.88 Å². The largest absolute Gasteiger partial charge is 0.383 e. The molecule has 2 rings (SSSR count). The summed E-state index contributed by atoms with van der Waals surface area (Å²) in [5, 5.41) is 0.421. The second-order valence-electron chi connectivity index (χ2n) is 4.33. The van der Waals surface area contributed by atoms with Gasteiger partial charge >= 0.3 is 0 Å². The van der Waals surface area contributed by atoms with Gasteiger partial charge in [-0.3, -0.25) is 4.90 Å². The predicted molar refractivity (Wildman–Crippen MR) is 75.5 cm³/mol. The number of halogens is 1. The lowest BCUT2D eigenvalue weighted by Crippen LogP contribution is -2.47. The minimum atomic E-state index is -1.14. The standard InChI is InChI=1S/C12H18ClN3O2S/c1-18-9-8-15-4-6-16(7-5-15)19(17)11-2-3-12(13)14-10-11/h2-3,10H,4-9H2,1H3. The third kappa shape index (κ3) is 4.22. The summed E-state index contributed by atoms with van der Waals surface area (Å²) in [7, 11) is 0.563. The average Bonchev–Trinajstić information content (AvgIpc) is 2.46. The number of hydrogen-bond donors (Lipinski definition) is 0. The molecule has 0 aromatic carbocycles. The summed E-state index contributed by atoms with van der Waals surface area (Å²) in [5.41, 5.74) is 0. The minimum Gasteiger partial charge on any atom is -0.383 e. The summed E-state index contributed by atoms with van der Waals surface area (Å²) in [6.45, 7) is 5.08. The van der Waals surface area contributed by atoms with E-state index in [1.807, 2.05) is 4.31 Å². The van der Waals surface area contributed by atoms with Crippen LogP contribution in [0, 0.1) is 0 Å². The third-order valence-electron chi connectivity index (χ3n) is 3.08. The van der Waals surface area contributed by atoms with Crippen LogP contribution in [0.4, 0.5) is 0 Å². The Morgan fingerprint density at radius 1 is 1.37 bits per heavy atom. The van der Waals surface area contributed by atoms with Crippen molar-refractivity contribution in [3.63, 3.8) is 0 Å². The quantitative estimate of drug-likeness (QED) is 0.762. The lowest BCUT2D eigenvalue weighted by molar-refractivity contribution is 0.124. The minimum absolute atomic E-state index is 0.421. The maximum absolute atomic E-state index is 12.3. The van der Waals surface area contributed by atoms with Gasteiger partial charge in [0.2, 0.25) is 0 Å². The fourth-order valence-corrected chi connectivity index (χ4v) is 3.19. The van der Waals surface area contributed by atoms with E-state index in [0.29, 0.717) is 10.0 Å². The molecule has 1 aliphatic heterocycles. The van der Waals surface area contributed by atoms with E-state index in [9.17, 15) is 4.21 Å². The first kappa shape index (κ1) is 14.9. The average molecular weight is 304 g/mol. The van der Waals surface area contributed by atoms with Crippen molar-refractivity contribution < 1.29 is 8.95 Å². The van der Waals surface area contributed by atoms with Crippen molar-refractivity contribution in [2.45, 2.75) is 4.90 Å². The van der Waals surface area contributed by atoms with Crippen molar-refractivity contribution in [2.75, 3.05) is 46.4 Å². The molecule has 5 nitrogen and oxygen atoms in total. The number of ether oxygens (including phenoxy) is 1. The van der Waals surface area contributed by atoms with Crippen LogP contribution in [-0.4, -0.2) is 64.8 Å². The number of methoxy groups -OCH3 is 1. The summed E-state index contributed by atoms with van der Waals surface area (Å²) in [5.74, 6) is 0. The monoisotopic (exact) mass is 303 g/mol. The summed E-state index contributed by atoms with van der Waals surface area (Å²) in [6.07, 6.45) is 1.58. The smallest absolute Gasteiger partial charge is 0.129 e. The first-order valence-electron chi connectivity index (χ1n) is 6.20. The van der Waals surface area contributed by atoms with Crippen LogP contribution in [0.1, 0.15) is 0 Å². The molecule has 1 aromatic heterocycles. The lowest BCUT2D eigenvalue weighted by Gasteiger charge is -2.33. The molecule has 0 radical (unpaired) electrons. The highest BCUT2D eigenvalue weighted by Gasteiger charge is 2.21. The number of pyridine rings is 1. The van der Waals surface area contributed by atoms with E-state index < -0.39 is 11.0 Å². The first-order valence-corrected chi connectivity index (χ1v) is 7.69. The van der Waals surface area contributed by atoms with E-state index >= 15 is 0 Å². The van der Waals surface area contributed by atoms with Gasteiger partial charge in [0, 0.05) is 46.0 Å². The molecule has 1 unspecified atom stereocenters. The normalized spacial score (nSPS) is 19.5. The number of piperazine rings is 1. The fraction of sp³-hybridized carbons (Fsp3) is 0.583. The molecule has 0 aliphatic carbocycles. The zero-order valence-electron chi connectivity index (χ0n) is 10.9. The molecule has 1 aromatic rings. The molecule has 106 valence electrons. The molecule has 0 saturated carbocycles. The van der Waals surface area contributed by atoms with Gasteiger partial charge in [0.1, 0.15) is 16.1 Å². The highest BCUT2D eigenvalue weighted by molar-refractivity contribution is 7.82. The van der Waals surface area contributed by atoms with Crippen LogP contribution in [-0.2, 0) is 15.7 Å². The Morgan fingerprint density at radius 2 is 2.11 bits per heavy atom. The molecule has 0 amide bonds. The molecule has 0 spiro atoms. The topological polar surface area (TPSA) is 45.7 Å². The van der Waals surface area contributed by atoms with Gasteiger partial charge in [0.05, 0.1) is 11.5 Å². The van der Waals surface area contributed by atoms with E-state index in [1.165, 1.54) is 0 Å². The Kier molecular flexibility index (Phi) is 5.72. The molecule has 19 heavy (non-hydrogen) atoms. The predicted octanol–water partition coefficient (Wildman–Crippen LogP) is 1.02. The van der Waals surface area contributed by atoms with E-state index in [4.69, 9.17) is 16.3 Å². The second-order valence-corrected chi connectivity index (χ2v) is 6.20. The van der Waals surface area contributed by atoms with Crippen LogP contribution in [0.2, 0.25) is 5.15 Å². The molecule has 0 N–H and O–H groups in total.